The summed E-state index contributed by atoms with van der Waals surface area (Å²) in [6.45, 7) is 5.91. The highest BCUT2D eigenvalue weighted by atomic mass is 32.2. The van der Waals surface area contributed by atoms with Crippen LogP contribution in [0.2, 0.25) is 0 Å². The average Bonchev–Trinajstić information content (AvgIpc) is 3.07. The van der Waals surface area contributed by atoms with Gasteiger partial charge in [0.2, 0.25) is 0 Å². The number of nitrogens with zero attached hydrogens (tertiary/aromatic N) is 2. The Morgan fingerprint density at radius 1 is 1.07 bits per heavy atom. The number of carbonyl (C=O) groups excluding carboxylic acids is 1. The van der Waals surface area contributed by atoms with Crippen LogP contribution in [0.15, 0.2) is 42.5 Å². The van der Waals surface area contributed by atoms with E-state index in [4.69, 9.17) is 0 Å². The van der Waals surface area contributed by atoms with Crippen LogP contribution in [-0.2, 0) is 26.9 Å². The molecule has 2 aromatic carbocycles. The van der Waals surface area contributed by atoms with E-state index in [1.165, 1.54) is 0 Å². The molecule has 1 aliphatic heterocycles. The van der Waals surface area contributed by atoms with Crippen molar-refractivity contribution in [3.63, 3.8) is 0 Å². The topological polar surface area (TPSA) is 81.1 Å². The first-order valence-electron chi connectivity index (χ1n) is 8.76. The minimum atomic E-state index is -3.21. The molecule has 0 fully saturated rings. The highest BCUT2D eigenvalue weighted by Gasteiger charge is 2.35. The van der Waals surface area contributed by atoms with Crippen LogP contribution in [0.1, 0.15) is 42.4 Å². The molecule has 0 saturated carbocycles. The second-order valence-corrected chi connectivity index (χ2v) is 9.93. The Balaban J connectivity index is 1.79. The zero-order valence-electron chi connectivity index (χ0n) is 15.5. The lowest BCUT2D eigenvalue weighted by molar-refractivity contribution is 0.102. The van der Waals surface area contributed by atoms with Crippen LogP contribution in [0.25, 0.3) is 10.8 Å². The Morgan fingerprint density at radius 2 is 1.78 bits per heavy atom. The maximum absolute atomic E-state index is 13.1. The number of hydrogen-bond donors (Lipinski definition) is 1. The summed E-state index contributed by atoms with van der Waals surface area (Å²) in [6, 6.07) is 13.2. The summed E-state index contributed by atoms with van der Waals surface area (Å²) in [7, 11) is -3.21. The predicted octanol–water partition coefficient (Wildman–Crippen LogP) is 3.47. The SMILES string of the molecule is CC(C)(C)n1nc2c(c1NC(=O)c1cccc3ccccc13)CS(=O)(=O)C2. The largest absolute Gasteiger partial charge is 0.306 e. The van der Waals surface area contributed by atoms with Crippen molar-refractivity contribution in [2.45, 2.75) is 37.8 Å². The van der Waals surface area contributed by atoms with E-state index >= 15 is 0 Å². The van der Waals surface area contributed by atoms with E-state index in [9.17, 15) is 13.2 Å². The fourth-order valence-electron chi connectivity index (χ4n) is 3.45. The van der Waals surface area contributed by atoms with Crippen LogP contribution in [0.4, 0.5) is 5.82 Å². The molecule has 27 heavy (non-hydrogen) atoms. The number of aromatic nitrogens is 2. The van der Waals surface area contributed by atoms with E-state index in [1.54, 1.807) is 10.7 Å². The third-order valence-corrected chi connectivity index (χ3v) is 6.13. The van der Waals surface area contributed by atoms with Gasteiger partial charge in [-0.3, -0.25) is 4.79 Å². The van der Waals surface area contributed by atoms with Crippen molar-refractivity contribution in [3.8, 4) is 0 Å². The minimum Gasteiger partial charge on any atom is -0.306 e. The number of carbonyl (C=O) groups is 1. The van der Waals surface area contributed by atoms with Gasteiger partial charge in [-0.15, -0.1) is 0 Å². The zero-order chi connectivity index (χ0) is 19.4. The van der Waals surface area contributed by atoms with Gasteiger partial charge < -0.3 is 5.32 Å². The van der Waals surface area contributed by atoms with E-state index in [0.717, 1.165) is 10.8 Å². The molecule has 0 unspecified atom stereocenters. The van der Waals surface area contributed by atoms with E-state index in [2.05, 4.69) is 10.4 Å². The van der Waals surface area contributed by atoms with Crippen LogP contribution in [-0.4, -0.2) is 24.1 Å². The molecule has 0 bridgehead atoms. The molecular formula is C20H21N3O3S. The zero-order valence-corrected chi connectivity index (χ0v) is 16.3. The first-order valence-corrected chi connectivity index (χ1v) is 10.6. The Hall–Kier alpha value is -2.67. The van der Waals surface area contributed by atoms with Crippen molar-refractivity contribution < 1.29 is 13.2 Å². The highest BCUT2D eigenvalue weighted by molar-refractivity contribution is 7.90. The summed E-state index contributed by atoms with van der Waals surface area (Å²) < 4.78 is 25.8. The van der Waals surface area contributed by atoms with Gasteiger partial charge in [0, 0.05) is 11.1 Å². The molecule has 0 spiro atoms. The van der Waals surface area contributed by atoms with E-state index in [1.807, 2.05) is 57.2 Å². The van der Waals surface area contributed by atoms with Gasteiger partial charge >= 0.3 is 0 Å². The van der Waals surface area contributed by atoms with Gasteiger partial charge in [0.15, 0.2) is 9.84 Å². The van der Waals surface area contributed by atoms with Crippen molar-refractivity contribution in [2.75, 3.05) is 5.32 Å². The molecule has 7 heteroatoms. The number of anilines is 1. The third-order valence-electron chi connectivity index (χ3n) is 4.69. The van der Waals surface area contributed by atoms with Crippen LogP contribution >= 0.6 is 0 Å². The maximum atomic E-state index is 13.1. The molecule has 1 aromatic heterocycles. The summed E-state index contributed by atoms with van der Waals surface area (Å²) in [4.78, 5) is 13.1. The molecule has 1 amide bonds. The Bertz CT molecular complexity index is 1170. The third kappa shape index (κ3) is 3.12. The second-order valence-electron chi connectivity index (χ2n) is 7.87. The van der Waals surface area contributed by atoms with E-state index in [0.29, 0.717) is 22.6 Å². The number of sulfone groups is 1. The fourth-order valence-corrected chi connectivity index (χ4v) is 4.95. The summed E-state index contributed by atoms with van der Waals surface area (Å²) >= 11 is 0. The monoisotopic (exact) mass is 383 g/mol. The molecule has 0 radical (unpaired) electrons. The van der Waals surface area contributed by atoms with Crippen molar-refractivity contribution >= 4 is 32.3 Å². The van der Waals surface area contributed by atoms with Gasteiger partial charge in [-0.05, 0) is 37.6 Å². The number of fused-ring (bicyclic) bond motifs is 2. The summed E-state index contributed by atoms with van der Waals surface area (Å²) in [5.41, 5.74) is 1.27. The molecule has 3 aromatic rings. The van der Waals surface area contributed by atoms with Crippen LogP contribution in [0.3, 0.4) is 0 Å². The van der Waals surface area contributed by atoms with Crippen molar-refractivity contribution in [1.82, 2.24) is 9.78 Å². The Morgan fingerprint density at radius 3 is 2.52 bits per heavy atom. The molecule has 0 atom stereocenters. The molecular weight excluding hydrogens is 362 g/mol. The summed E-state index contributed by atoms with van der Waals surface area (Å²) in [6.07, 6.45) is 0. The van der Waals surface area contributed by atoms with Gasteiger partial charge in [0.05, 0.1) is 22.7 Å². The maximum Gasteiger partial charge on any atom is 0.257 e. The molecule has 4 rings (SSSR count). The quantitative estimate of drug-likeness (QED) is 0.735. The lowest BCUT2D eigenvalue weighted by Gasteiger charge is -2.23. The number of amides is 1. The summed E-state index contributed by atoms with van der Waals surface area (Å²) in [5.74, 6) is 0.0207. The second kappa shape index (κ2) is 5.92. The molecule has 1 N–H and O–H groups in total. The summed E-state index contributed by atoms with van der Waals surface area (Å²) in [5, 5.41) is 9.26. The highest BCUT2D eigenvalue weighted by Crippen LogP contribution is 2.34. The number of hydrogen-bond acceptors (Lipinski definition) is 4. The van der Waals surface area contributed by atoms with Gasteiger partial charge in [-0.2, -0.15) is 5.10 Å². The van der Waals surface area contributed by atoms with Crippen molar-refractivity contribution in [3.05, 3.63) is 59.3 Å². The average molecular weight is 383 g/mol. The van der Waals surface area contributed by atoms with E-state index < -0.39 is 15.4 Å². The Labute approximate surface area is 158 Å². The molecule has 2 heterocycles. The number of benzene rings is 2. The van der Waals surface area contributed by atoms with Gasteiger partial charge in [-0.1, -0.05) is 36.4 Å². The van der Waals surface area contributed by atoms with Crippen LogP contribution < -0.4 is 5.32 Å². The molecule has 140 valence electrons. The lowest BCUT2D eigenvalue weighted by atomic mass is 10.0. The van der Waals surface area contributed by atoms with E-state index in [-0.39, 0.29) is 17.4 Å². The first-order chi connectivity index (χ1) is 12.7. The lowest BCUT2D eigenvalue weighted by Crippen LogP contribution is -2.27. The first kappa shape index (κ1) is 17.7. The van der Waals surface area contributed by atoms with Crippen molar-refractivity contribution in [2.24, 2.45) is 0 Å². The number of rotatable bonds is 2. The minimum absolute atomic E-state index is 0.0808. The molecule has 0 saturated heterocycles. The number of nitrogens with one attached hydrogen (secondary N) is 1. The molecule has 1 aliphatic rings. The normalized spacial score (nSPS) is 15.7. The fraction of sp³-hybridized carbons (Fsp3) is 0.300. The van der Waals surface area contributed by atoms with Gasteiger partial charge in [-0.25, -0.2) is 13.1 Å². The standard InChI is InChI=1S/C20H21N3O3S/c1-20(2,3)23-18(16-11-27(25,26)12-17(16)22-23)21-19(24)15-10-6-8-13-7-4-5-9-14(13)15/h4-10H,11-12H2,1-3H3,(H,21,24). The smallest absolute Gasteiger partial charge is 0.257 e. The predicted molar refractivity (Wildman–Crippen MR) is 105 cm³/mol. The van der Waals surface area contributed by atoms with Crippen LogP contribution in [0, 0.1) is 0 Å². The van der Waals surface area contributed by atoms with Gasteiger partial charge in [0.25, 0.3) is 5.91 Å². The van der Waals surface area contributed by atoms with Crippen LogP contribution in [0.5, 0.6) is 0 Å². The van der Waals surface area contributed by atoms with Crippen molar-refractivity contribution in [1.29, 1.82) is 0 Å². The molecule has 6 nitrogen and oxygen atoms in total. The molecule has 0 aliphatic carbocycles. The van der Waals surface area contributed by atoms with Gasteiger partial charge in [0.1, 0.15) is 5.82 Å². The Kier molecular flexibility index (Phi) is 3.89.